The van der Waals surface area contributed by atoms with Gasteiger partial charge in [0.05, 0.1) is 24.0 Å². The van der Waals surface area contributed by atoms with Gasteiger partial charge >= 0.3 is 5.97 Å². The summed E-state index contributed by atoms with van der Waals surface area (Å²) < 4.78 is 10.0. The molecule has 20 heavy (non-hydrogen) atoms. The number of hydrogen-bond donors (Lipinski definition) is 1. The Kier molecular flexibility index (Phi) is 5.53. The Morgan fingerprint density at radius 3 is 2.50 bits per heavy atom. The van der Waals surface area contributed by atoms with Crippen LogP contribution in [0.25, 0.3) is 0 Å². The van der Waals surface area contributed by atoms with Crippen LogP contribution in [0.3, 0.4) is 0 Å². The third-order valence-corrected chi connectivity index (χ3v) is 2.53. The van der Waals surface area contributed by atoms with Crippen LogP contribution in [-0.2, 0) is 14.3 Å². The normalized spacial score (nSPS) is 11.1. The first-order valence-corrected chi connectivity index (χ1v) is 6.42. The molecule has 1 N–H and O–H groups in total. The highest BCUT2D eigenvalue weighted by atomic mass is 35.5. The molecular formula is C14H18ClNO4. The number of carbonyl (C=O) groups excluding carboxylic acids is 2. The van der Waals surface area contributed by atoms with Gasteiger partial charge in [0.2, 0.25) is 5.91 Å². The highest BCUT2D eigenvalue weighted by Gasteiger charge is 2.17. The molecule has 0 atom stereocenters. The van der Waals surface area contributed by atoms with E-state index < -0.39 is 11.6 Å². The fraction of sp³-hybridized carbons (Fsp3) is 0.429. The van der Waals surface area contributed by atoms with E-state index in [2.05, 4.69) is 10.1 Å². The molecule has 5 nitrogen and oxygen atoms in total. The summed E-state index contributed by atoms with van der Waals surface area (Å²) in [5.74, 6) is -0.916. The van der Waals surface area contributed by atoms with Gasteiger partial charge < -0.3 is 14.8 Å². The van der Waals surface area contributed by atoms with Crippen LogP contribution in [0.15, 0.2) is 18.2 Å². The number of anilines is 1. The molecule has 1 rings (SSSR count). The second-order valence-electron chi connectivity index (χ2n) is 5.13. The second kappa shape index (κ2) is 6.72. The van der Waals surface area contributed by atoms with Crippen molar-refractivity contribution in [1.29, 1.82) is 0 Å². The van der Waals surface area contributed by atoms with E-state index in [0.29, 0.717) is 10.7 Å². The summed E-state index contributed by atoms with van der Waals surface area (Å²) in [5, 5.41) is 3.00. The van der Waals surface area contributed by atoms with Gasteiger partial charge in [0.15, 0.2) is 0 Å². The standard InChI is InChI=1S/C14H18ClNO4/c1-14(2,3)20-8-12(17)16-11-7-9(15)5-6-10(11)13(18)19-4/h5-7H,8H2,1-4H3,(H,16,17). The van der Waals surface area contributed by atoms with Gasteiger partial charge in [-0.15, -0.1) is 0 Å². The maximum Gasteiger partial charge on any atom is 0.339 e. The number of halogens is 1. The number of ether oxygens (including phenoxy) is 2. The molecule has 0 aliphatic rings. The Hall–Kier alpha value is -1.59. The summed E-state index contributed by atoms with van der Waals surface area (Å²) in [5.41, 5.74) is 0.115. The van der Waals surface area contributed by atoms with E-state index in [4.69, 9.17) is 16.3 Å². The molecule has 1 aromatic carbocycles. The van der Waals surface area contributed by atoms with Gasteiger partial charge in [-0.3, -0.25) is 4.79 Å². The van der Waals surface area contributed by atoms with Crippen LogP contribution >= 0.6 is 11.6 Å². The molecule has 110 valence electrons. The van der Waals surface area contributed by atoms with Gasteiger partial charge in [0.25, 0.3) is 0 Å². The topological polar surface area (TPSA) is 64.6 Å². The summed E-state index contributed by atoms with van der Waals surface area (Å²) in [4.78, 5) is 23.4. The molecule has 0 heterocycles. The minimum Gasteiger partial charge on any atom is -0.465 e. The number of methoxy groups -OCH3 is 1. The van der Waals surface area contributed by atoms with Crippen LogP contribution in [0.1, 0.15) is 31.1 Å². The molecule has 6 heteroatoms. The van der Waals surface area contributed by atoms with Crippen LogP contribution in [-0.4, -0.2) is 31.2 Å². The number of nitrogens with one attached hydrogen (secondary N) is 1. The van der Waals surface area contributed by atoms with E-state index in [1.54, 1.807) is 6.07 Å². The quantitative estimate of drug-likeness (QED) is 0.868. The third-order valence-electron chi connectivity index (χ3n) is 2.30. The number of carbonyl (C=O) groups is 2. The fourth-order valence-corrected chi connectivity index (χ4v) is 1.55. The minimum atomic E-state index is -0.547. The molecule has 1 amide bonds. The van der Waals surface area contributed by atoms with Gasteiger partial charge in [-0.2, -0.15) is 0 Å². The van der Waals surface area contributed by atoms with E-state index in [0.717, 1.165) is 0 Å². The summed E-state index contributed by atoms with van der Waals surface area (Å²) in [6.45, 7) is 5.43. The predicted octanol–water partition coefficient (Wildman–Crippen LogP) is 2.88. The maximum atomic E-state index is 11.8. The number of esters is 1. The van der Waals surface area contributed by atoms with Crippen molar-refractivity contribution in [3.63, 3.8) is 0 Å². The van der Waals surface area contributed by atoms with Crippen molar-refractivity contribution >= 4 is 29.2 Å². The molecule has 0 saturated heterocycles. The minimum absolute atomic E-state index is 0.114. The monoisotopic (exact) mass is 299 g/mol. The maximum absolute atomic E-state index is 11.8. The van der Waals surface area contributed by atoms with Gasteiger partial charge in [-0.25, -0.2) is 4.79 Å². The summed E-state index contributed by atoms with van der Waals surface area (Å²) in [7, 11) is 1.27. The van der Waals surface area contributed by atoms with Crippen LogP contribution in [0.4, 0.5) is 5.69 Å². The Morgan fingerprint density at radius 1 is 1.30 bits per heavy atom. The van der Waals surface area contributed by atoms with Gasteiger partial charge in [-0.05, 0) is 39.0 Å². The van der Waals surface area contributed by atoms with Crippen molar-refractivity contribution < 1.29 is 19.1 Å². The van der Waals surface area contributed by atoms with Crippen LogP contribution in [0.5, 0.6) is 0 Å². The van der Waals surface area contributed by atoms with Crippen molar-refractivity contribution in [3.8, 4) is 0 Å². The smallest absolute Gasteiger partial charge is 0.339 e. The molecule has 0 aliphatic carbocycles. The summed E-state index contributed by atoms with van der Waals surface area (Å²) in [6, 6.07) is 4.53. The Morgan fingerprint density at radius 2 is 1.95 bits per heavy atom. The van der Waals surface area contributed by atoms with E-state index in [1.807, 2.05) is 20.8 Å². The molecule has 0 fully saturated rings. The Bertz CT molecular complexity index is 508. The number of amides is 1. The summed E-state index contributed by atoms with van der Waals surface area (Å²) >= 11 is 5.86. The highest BCUT2D eigenvalue weighted by molar-refractivity contribution is 6.31. The van der Waals surface area contributed by atoms with Crippen LogP contribution < -0.4 is 5.32 Å². The van der Waals surface area contributed by atoms with Gasteiger partial charge in [-0.1, -0.05) is 11.6 Å². The number of benzene rings is 1. The third kappa shape index (κ3) is 5.19. The average molecular weight is 300 g/mol. The molecule has 1 aromatic rings. The Balaban J connectivity index is 2.83. The lowest BCUT2D eigenvalue weighted by Crippen LogP contribution is -2.27. The van der Waals surface area contributed by atoms with Crippen molar-refractivity contribution in [1.82, 2.24) is 0 Å². The summed E-state index contributed by atoms with van der Waals surface area (Å²) in [6.07, 6.45) is 0. The Labute approximate surface area is 123 Å². The highest BCUT2D eigenvalue weighted by Crippen LogP contribution is 2.22. The van der Waals surface area contributed by atoms with Crippen molar-refractivity contribution in [2.45, 2.75) is 26.4 Å². The van der Waals surface area contributed by atoms with Crippen LogP contribution in [0, 0.1) is 0 Å². The van der Waals surface area contributed by atoms with E-state index in [9.17, 15) is 9.59 Å². The predicted molar refractivity (Wildman–Crippen MR) is 77.1 cm³/mol. The first-order chi connectivity index (χ1) is 9.23. The van der Waals surface area contributed by atoms with E-state index in [1.165, 1.54) is 19.2 Å². The van der Waals surface area contributed by atoms with E-state index >= 15 is 0 Å². The first-order valence-electron chi connectivity index (χ1n) is 6.04. The van der Waals surface area contributed by atoms with Crippen molar-refractivity contribution in [2.75, 3.05) is 19.0 Å². The fourth-order valence-electron chi connectivity index (χ4n) is 1.38. The zero-order valence-electron chi connectivity index (χ0n) is 12.0. The van der Waals surface area contributed by atoms with Gasteiger partial charge in [0.1, 0.15) is 6.61 Å². The lowest BCUT2D eigenvalue weighted by atomic mass is 10.1. The molecule has 0 aromatic heterocycles. The largest absolute Gasteiger partial charge is 0.465 e. The molecule has 0 spiro atoms. The second-order valence-corrected chi connectivity index (χ2v) is 5.57. The molecule has 0 radical (unpaired) electrons. The molecular weight excluding hydrogens is 282 g/mol. The van der Waals surface area contributed by atoms with Gasteiger partial charge in [0, 0.05) is 5.02 Å². The zero-order valence-corrected chi connectivity index (χ0v) is 12.7. The molecule has 0 saturated carbocycles. The number of hydrogen-bond acceptors (Lipinski definition) is 4. The lowest BCUT2D eigenvalue weighted by molar-refractivity contribution is -0.125. The average Bonchev–Trinajstić information content (AvgIpc) is 2.35. The van der Waals surface area contributed by atoms with Crippen molar-refractivity contribution in [3.05, 3.63) is 28.8 Å². The zero-order chi connectivity index (χ0) is 15.3. The molecule has 0 aliphatic heterocycles. The first kappa shape index (κ1) is 16.5. The van der Waals surface area contributed by atoms with E-state index in [-0.39, 0.29) is 18.1 Å². The lowest BCUT2D eigenvalue weighted by Gasteiger charge is -2.19. The van der Waals surface area contributed by atoms with Crippen molar-refractivity contribution in [2.24, 2.45) is 0 Å². The van der Waals surface area contributed by atoms with Crippen LogP contribution in [0.2, 0.25) is 5.02 Å². The number of rotatable bonds is 4. The SMILES string of the molecule is COC(=O)c1ccc(Cl)cc1NC(=O)COC(C)(C)C. The molecule has 0 bridgehead atoms. The molecule has 0 unspecified atom stereocenters.